The molecule has 0 fully saturated rings. The van der Waals surface area contributed by atoms with E-state index in [1.54, 1.807) is 18.2 Å². The molecule has 0 saturated heterocycles. The van der Waals surface area contributed by atoms with Crippen LogP contribution in [0, 0.1) is 5.82 Å². The van der Waals surface area contributed by atoms with Gasteiger partial charge in [0.2, 0.25) is 0 Å². The molecule has 1 heterocycles. The van der Waals surface area contributed by atoms with Gasteiger partial charge in [0.05, 0.1) is 19.4 Å². The zero-order valence-corrected chi connectivity index (χ0v) is 11.2. The maximum atomic E-state index is 14.0. The van der Waals surface area contributed by atoms with Gasteiger partial charge >= 0.3 is 0 Å². The van der Waals surface area contributed by atoms with Crippen LogP contribution < -0.4 is 16.0 Å². The summed E-state index contributed by atoms with van der Waals surface area (Å²) in [6.07, 6.45) is 1.51. The lowest BCUT2D eigenvalue weighted by Crippen LogP contribution is -2.29. The van der Waals surface area contributed by atoms with E-state index in [1.807, 2.05) is 0 Å². The summed E-state index contributed by atoms with van der Waals surface area (Å²) in [5.41, 5.74) is 3.71. The van der Waals surface area contributed by atoms with Crippen molar-refractivity contribution >= 4 is 15.9 Å². The number of ether oxygens (including phenoxy) is 1. The van der Waals surface area contributed by atoms with Crippen LogP contribution in [0.5, 0.6) is 5.75 Å². The van der Waals surface area contributed by atoms with Crippen molar-refractivity contribution in [1.29, 1.82) is 0 Å². The van der Waals surface area contributed by atoms with Crippen LogP contribution in [0.15, 0.2) is 39.6 Å². The molecule has 1 atom stereocenters. The SMILES string of the molecule is COc1ccc(C(NN)c2ccoc2Br)c(F)c1. The van der Waals surface area contributed by atoms with Crippen molar-refractivity contribution in [1.82, 2.24) is 5.43 Å². The fourth-order valence-corrected chi connectivity index (χ4v) is 2.20. The first-order valence-electron chi connectivity index (χ1n) is 5.19. The monoisotopic (exact) mass is 314 g/mol. The summed E-state index contributed by atoms with van der Waals surface area (Å²) in [5.74, 6) is 5.55. The maximum Gasteiger partial charge on any atom is 0.174 e. The molecule has 1 aromatic heterocycles. The Kier molecular flexibility index (Phi) is 4.00. The number of furan rings is 1. The molecular weight excluding hydrogens is 303 g/mol. The van der Waals surface area contributed by atoms with E-state index in [0.29, 0.717) is 16.0 Å². The molecule has 1 unspecified atom stereocenters. The minimum atomic E-state index is -0.496. The standard InChI is InChI=1S/C12H12BrFN2O2/c1-17-7-2-3-8(10(14)6-7)11(16-15)9-4-5-18-12(9)13/h2-6,11,16H,15H2,1H3. The van der Waals surface area contributed by atoms with Gasteiger partial charge in [-0.2, -0.15) is 0 Å². The maximum absolute atomic E-state index is 14.0. The number of hydrazine groups is 1. The van der Waals surface area contributed by atoms with Crippen LogP contribution in [-0.4, -0.2) is 7.11 Å². The summed E-state index contributed by atoms with van der Waals surface area (Å²) in [5, 5.41) is 0. The highest BCUT2D eigenvalue weighted by Gasteiger charge is 2.21. The Bertz CT molecular complexity index is 545. The van der Waals surface area contributed by atoms with Gasteiger partial charge in [0.15, 0.2) is 4.67 Å². The zero-order chi connectivity index (χ0) is 13.1. The number of benzene rings is 1. The predicted molar refractivity (Wildman–Crippen MR) is 68.5 cm³/mol. The summed E-state index contributed by atoms with van der Waals surface area (Å²) in [4.78, 5) is 0. The number of rotatable bonds is 4. The quantitative estimate of drug-likeness (QED) is 0.673. The molecule has 96 valence electrons. The lowest BCUT2D eigenvalue weighted by Gasteiger charge is -2.16. The summed E-state index contributed by atoms with van der Waals surface area (Å²) >= 11 is 3.25. The lowest BCUT2D eigenvalue weighted by atomic mass is 10.0. The predicted octanol–water partition coefficient (Wildman–Crippen LogP) is 2.74. The molecule has 3 N–H and O–H groups in total. The third-order valence-electron chi connectivity index (χ3n) is 2.64. The van der Waals surface area contributed by atoms with Gasteiger partial charge in [-0.05, 0) is 28.1 Å². The van der Waals surface area contributed by atoms with E-state index in [-0.39, 0.29) is 0 Å². The van der Waals surface area contributed by atoms with E-state index in [0.717, 1.165) is 5.56 Å². The first-order chi connectivity index (χ1) is 8.67. The fourth-order valence-electron chi connectivity index (χ4n) is 1.73. The molecule has 6 heteroatoms. The topological polar surface area (TPSA) is 60.4 Å². The largest absolute Gasteiger partial charge is 0.497 e. The van der Waals surface area contributed by atoms with Crippen molar-refractivity contribution in [2.75, 3.05) is 7.11 Å². The van der Waals surface area contributed by atoms with Gasteiger partial charge in [-0.1, -0.05) is 6.07 Å². The molecule has 2 rings (SSSR count). The van der Waals surface area contributed by atoms with Crippen molar-refractivity contribution in [3.8, 4) is 5.75 Å². The minimum Gasteiger partial charge on any atom is -0.497 e. The Balaban J connectivity index is 2.42. The van der Waals surface area contributed by atoms with Crippen molar-refractivity contribution in [3.63, 3.8) is 0 Å². The van der Waals surface area contributed by atoms with Gasteiger partial charge in [0, 0.05) is 17.2 Å². The minimum absolute atomic E-state index is 0.398. The van der Waals surface area contributed by atoms with Gasteiger partial charge in [-0.15, -0.1) is 0 Å². The second-order valence-corrected chi connectivity index (χ2v) is 4.36. The summed E-state index contributed by atoms with van der Waals surface area (Å²) in [6, 6.07) is 5.84. The van der Waals surface area contributed by atoms with Gasteiger partial charge in [0.25, 0.3) is 0 Å². The molecule has 0 bridgehead atoms. The Morgan fingerprint density at radius 2 is 2.17 bits per heavy atom. The molecular formula is C12H12BrFN2O2. The van der Waals surface area contributed by atoms with E-state index in [2.05, 4.69) is 21.4 Å². The van der Waals surface area contributed by atoms with Crippen molar-refractivity contribution in [2.24, 2.45) is 5.84 Å². The molecule has 0 spiro atoms. The second kappa shape index (κ2) is 5.51. The van der Waals surface area contributed by atoms with Crippen LogP contribution in [0.1, 0.15) is 17.2 Å². The molecule has 0 saturated carbocycles. The van der Waals surface area contributed by atoms with Crippen molar-refractivity contribution in [2.45, 2.75) is 6.04 Å². The number of nitrogens with two attached hydrogens (primary N) is 1. The molecule has 4 nitrogen and oxygen atoms in total. The molecule has 18 heavy (non-hydrogen) atoms. The number of nitrogens with one attached hydrogen (secondary N) is 1. The average Bonchev–Trinajstić information content (AvgIpc) is 2.78. The van der Waals surface area contributed by atoms with E-state index in [1.165, 1.54) is 19.4 Å². The highest BCUT2D eigenvalue weighted by molar-refractivity contribution is 9.10. The Morgan fingerprint density at radius 3 is 2.67 bits per heavy atom. The van der Waals surface area contributed by atoms with E-state index < -0.39 is 11.9 Å². The lowest BCUT2D eigenvalue weighted by molar-refractivity contribution is 0.410. The highest BCUT2D eigenvalue weighted by Crippen LogP contribution is 2.31. The molecule has 0 aliphatic heterocycles. The van der Waals surface area contributed by atoms with Crippen LogP contribution in [0.4, 0.5) is 4.39 Å². The molecule has 2 aromatic rings. The van der Waals surface area contributed by atoms with Crippen LogP contribution in [0.25, 0.3) is 0 Å². The molecule has 0 radical (unpaired) electrons. The summed E-state index contributed by atoms with van der Waals surface area (Å²) in [6.45, 7) is 0. The van der Waals surface area contributed by atoms with Gasteiger partial charge in [0.1, 0.15) is 11.6 Å². The molecule has 1 aromatic carbocycles. The van der Waals surface area contributed by atoms with E-state index in [4.69, 9.17) is 15.0 Å². The van der Waals surface area contributed by atoms with Gasteiger partial charge in [-0.3, -0.25) is 5.84 Å². The Labute approximate surface area is 112 Å². The first kappa shape index (κ1) is 13.1. The summed E-state index contributed by atoms with van der Waals surface area (Å²) < 4.78 is 24.6. The van der Waals surface area contributed by atoms with Gasteiger partial charge < -0.3 is 9.15 Å². The number of hydrogen-bond acceptors (Lipinski definition) is 4. The fraction of sp³-hybridized carbons (Fsp3) is 0.167. The number of methoxy groups -OCH3 is 1. The third kappa shape index (κ3) is 2.40. The van der Waals surface area contributed by atoms with Crippen molar-refractivity contribution in [3.05, 3.63) is 52.1 Å². The van der Waals surface area contributed by atoms with E-state index >= 15 is 0 Å². The van der Waals surface area contributed by atoms with Crippen LogP contribution in [0.3, 0.4) is 0 Å². The zero-order valence-electron chi connectivity index (χ0n) is 9.61. The van der Waals surface area contributed by atoms with Gasteiger partial charge in [-0.25, -0.2) is 9.82 Å². The van der Waals surface area contributed by atoms with Crippen LogP contribution in [0.2, 0.25) is 0 Å². The Hall–Kier alpha value is -1.37. The number of hydrogen-bond donors (Lipinski definition) is 2. The van der Waals surface area contributed by atoms with Crippen LogP contribution >= 0.6 is 15.9 Å². The number of halogens is 2. The second-order valence-electron chi connectivity index (χ2n) is 3.64. The molecule has 0 amide bonds. The molecule has 0 aliphatic rings. The summed E-state index contributed by atoms with van der Waals surface area (Å²) in [7, 11) is 1.49. The highest BCUT2D eigenvalue weighted by atomic mass is 79.9. The van der Waals surface area contributed by atoms with E-state index in [9.17, 15) is 4.39 Å². The third-order valence-corrected chi connectivity index (χ3v) is 3.29. The van der Waals surface area contributed by atoms with Crippen molar-refractivity contribution < 1.29 is 13.5 Å². The Morgan fingerprint density at radius 1 is 1.39 bits per heavy atom. The van der Waals surface area contributed by atoms with Crippen LogP contribution in [-0.2, 0) is 0 Å². The first-order valence-corrected chi connectivity index (χ1v) is 5.99. The average molecular weight is 315 g/mol. The normalized spacial score (nSPS) is 12.4. The smallest absolute Gasteiger partial charge is 0.174 e. The molecule has 0 aliphatic carbocycles.